The van der Waals surface area contributed by atoms with Gasteiger partial charge in [-0.25, -0.2) is 14.4 Å². The highest BCUT2D eigenvalue weighted by Crippen LogP contribution is 2.32. The Morgan fingerprint density at radius 1 is 1.03 bits per heavy atom. The number of hydrogen-bond acceptors (Lipinski definition) is 5. The molecule has 0 fully saturated rings. The molecular formula is C29H28ClFN4O2. The minimum atomic E-state index is -0.250. The molecule has 1 N–H and O–H groups in total. The number of nitrogens with one attached hydrogen (secondary N) is 1. The molecule has 0 unspecified atom stereocenters. The molecule has 0 saturated carbocycles. The summed E-state index contributed by atoms with van der Waals surface area (Å²) in [7, 11) is 1.62. The summed E-state index contributed by atoms with van der Waals surface area (Å²) in [5.74, 6) is 1.36. The Balaban J connectivity index is 0.00000320. The number of hydrogen-bond donors (Lipinski definition) is 1. The molecule has 190 valence electrons. The molecule has 0 atom stereocenters. The highest BCUT2D eigenvalue weighted by atomic mass is 35.5. The maximum absolute atomic E-state index is 13.4. The standard InChI is InChI=1S/C29H27FN4O2.ClH/c1-19-26(15-20-3-10-25(30)11-4-20)28(33-18-32-19)34-13-14-36-27-12-9-23(16-24(27)17-34)21-5-7-22(8-6-21)29(35)31-2;/h3-12,16,18H,13-15,17H2,1-2H3,(H,31,35);1H. The van der Waals surface area contributed by atoms with E-state index in [1.807, 2.05) is 43.3 Å². The maximum atomic E-state index is 13.4. The van der Waals surface area contributed by atoms with Crippen LogP contribution in [0, 0.1) is 12.7 Å². The topological polar surface area (TPSA) is 67.4 Å². The number of benzene rings is 3. The molecule has 6 nitrogen and oxygen atoms in total. The Kier molecular flexibility index (Phi) is 8.04. The van der Waals surface area contributed by atoms with E-state index < -0.39 is 0 Å². The van der Waals surface area contributed by atoms with Gasteiger partial charge in [-0.1, -0.05) is 30.3 Å². The third-order valence-corrected chi connectivity index (χ3v) is 6.48. The van der Waals surface area contributed by atoms with Crippen LogP contribution in [0.5, 0.6) is 5.75 Å². The molecule has 0 aliphatic carbocycles. The van der Waals surface area contributed by atoms with Gasteiger partial charge < -0.3 is 15.0 Å². The Bertz CT molecular complexity index is 1390. The highest BCUT2D eigenvalue weighted by Gasteiger charge is 2.21. The van der Waals surface area contributed by atoms with Crippen molar-refractivity contribution in [1.82, 2.24) is 15.3 Å². The van der Waals surface area contributed by atoms with Crippen molar-refractivity contribution in [1.29, 1.82) is 0 Å². The zero-order valence-electron chi connectivity index (χ0n) is 20.7. The van der Waals surface area contributed by atoms with Crippen molar-refractivity contribution in [3.05, 3.63) is 107 Å². The van der Waals surface area contributed by atoms with Crippen molar-refractivity contribution < 1.29 is 13.9 Å². The van der Waals surface area contributed by atoms with Crippen LogP contribution in [0.4, 0.5) is 10.2 Å². The van der Waals surface area contributed by atoms with Crippen molar-refractivity contribution in [3.63, 3.8) is 0 Å². The molecule has 4 aromatic rings. The van der Waals surface area contributed by atoms with Crippen LogP contribution >= 0.6 is 12.4 Å². The Morgan fingerprint density at radius 2 is 1.76 bits per heavy atom. The summed E-state index contributed by atoms with van der Waals surface area (Å²) in [6.07, 6.45) is 2.21. The summed E-state index contributed by atoms with van der Waals surface area (Å²) < 4.78 is 19.5. The monoisotopic (exact) mass is 518 g/mol. The van der Waals surface area contributed by atoms with Gasteiger partial charge in [-0.05, 0) is 60.0 Å². The van der Waals surface area contributed by atoms with E-state index in [1.165, 1.54) is 12.1 Å². The molecule has 2 heterocycles. The van der Waals surface area contributed by atoms with Gasteiger partial charge >= 0.3 is 0 Å². The lowest BCUT2D eigenvalue weighted by Crippen LogP contribution is -2.28. The predicted molar refractivity (Wildman–Crippen MR) is 145 cm³/mol. The van der Waals surface area contributed by atoms with Gasteiger partial charge in [-0.3, -0.25) is 4.79 Å². The van der Waals surface area contributed by atoms with Crippen LogP contribution in [0.3, 0.4) is 0 Å². The quantitative estimate of drug-likeness (QED) is 0.385. The van der Waals surface area contributed by atoms with E-state index in [1.54, 1.807) is 25.5 Å². The first kappa shape index (κ1) is 26.1. The second-order valence-corrected chi connectivity index (χ2v) is 8.81. The zero-order chi connectivity index (χ0) is 25.1. The number of anilines is 1. The average molecular weight is 519 g/mol. The van der Waals surface area contributed by atoms with Crippen LogP contribution in [0.25, 0.3) is 11.1 Å². The fourth-order valence-corrected chi connectivity index (χ4v) is 4.49. The summed E-state index contributed by atoms with van der Waals surface area (Å²) in [6, 6.07) is 20.3. The third kappa shape index (κ3) is 5.73. The van der Waals surface area contributed by atoms with E-state index in [0.717, 1.165) is 45.1 Å². The van der Waals surface area contributed by atoms with Gasteiger partial charge in [0.2, 0.25) is 0 Å². The number of nitrogens with zero attached hydrogens (tertiary/aromatic N) is 3. The van der Waals surface area contributed by atoms with Crippen LogP contribution in [-0.4, -0.2) is 36.1 Å². The molecule has 1 aliphatic rings. The molecule has 3 aromatic carbocycles. The molecule has 5 rings (SSSR count). The van der Waals surface area contributed by atoms with Crippen molar-refractivity contribution in [2.75, 3.05) is 25.1 Å². The molecule has 0 saturated heterocycles. The predicted octanol–water partition coefficient (Wildman–Crippen LogP) is 5.36. The van der Waals surface area contributed by atoms with Gasteiger partial charge in [-0.2, -0.15) is 0 Å². The maximum Gasteiger partial charge on any atom is 0.251 e. The summed E-state index contributed by atoms with van der Waals surface area (Å²) in [5.41, 5.74) is 6.68. The van der Waals surface area contributed by atoms with E-state index in [4.69, 9.17) is 4.74 Å². The van der Waals surface area contributed by atoms with Crippen LogP contribution in [0.2, 0.25) is 0 Å². The van der Waals surface area contributed by atoms with Crippen LogP contribution in [0.1, 0.15) is 32.7 Å². The van der Waals surface area contributed by atoms with E-state index in [9.17, 15) is 9.18 Å². The van der Waals surface area contributed by atoms with Crippen molar-refractivity contribution in [3.8, 4) is 16.9 Å². The molecule has 0 spiro atoms. The number of carbonyl (C=O) groups is 1. The SMILES string of the molecule is CNC(=O)c1ccc(-c2ccc3c(c2)CN(c2ncnc(C)c2Cc2ccc(F)cc2)CCO3)cc1.Cl. The summed E-state index contributed by atoms with van der Waals surface area (Å²) in [4.78, 5) is 23.2. The van der Waals surface area contributed by atoms with E-state index in [2.05, 4.69) is 26.3 Å². The van der Waals surface area contributed by atoms with Crippen LogP contribution in [-0.2, 0) is 13.0 Å². The minimum Gasteiger partial charge on any atom is -0.491 e. The fraction of sp³-hybridized carbons (Fsp3) is 0.207. The second kappa shape index (κ2) is 11.4. The molecular weight excluding hydrogens is 491 g/mol. The summed E-state index contributed by atoms with van der Waals surface area (Å²) >= 11 is 0. The lowest BCUT2D eigenvalue weighted by atomic mass is 10.0. The number of amides is 1. The smallest absolute Gasteiger partial charge is 0.251 e. The van der Waals surface area contributed by atoms with E-state index in [-0.39, 0.29) is 24.1 Å². The number of aromatic nitrogens is 2. The van der Waals surface area contributed by atoms with Crippen molar-refractivity contribution in [2.45, 2.75) is 19.9 Å². The number of halogens is 2. The first-order chi connectivity index (χ1) is 17.5. The number of ether oxygens (including phenoxy) is 1. The first-order valence-electron chi connectivity index (χ1n) is 11.9. The zero-order valence-corrected chi connectivity index (χ0v) is 21.5. The largest absolute Gasteiger partial charge is 0.491 e. The highest BCUT2D eigenvalue weighted by molar-refractivity contribution is 5.94. The molecule has 1 aliphatic heterocycles. The van der Waals surface area contributed by atoms with Crippen molar-refractivity contribution >= 4 is 24.1 Å². The van der Waals surface area contributed by atoms with Crippen LogP contribution in [0.15, 0.2) is 73.1 Å². The van der Waals surface area contributed by atoms with Gasteiger partial charge in [0.15, 0.2) is 0 Å². The second-order valence-electron chi connectivity index (χ2n) is 8.81. The van der Waals surface area contributed by atoms with Gasteiger partial charge in [0.1, 0.15) is 30.3 Å². The number of carbonyl (C=O) groups excluding carboxylic acids is 1. The third-order valence-electron chi connectivity index (χ3n) is 6.48. The van der Waals surface area contributed by atoms with E-state index >= 15 is 0 Å². The van der Waals surface area contributed by atoms with Gasteiger partial charge in [0.05, 0.1) is 6.54 Å². The summed E-state index contributed by atoms with van der Waals surface area (Å²) in [5, 5.41) is 2.65. The average Bonchev–Trinajstić information content (AvgIpc) is 3.12. The van der Waals surface area contributed by atoms with Crippen LogP contribution < -0.4 is 15.0 Å². The molecule has 37 heavy (non-hydrogen) atoms. The fourth-order valence-electron chi connectivity index (χ4n) is 4.49. The Morgan fingerprint density at radius 3 is 2.49 bits per heavy atom. The minimum absolute atomic E-state index is 0. The number of aryl methyl sites for hydroxylation is 1. The Labute approximate surface area is 221 Å². The molecule has 1 amide bonds. The molecule has 0 radical (unpaired) electrons. The van der Waals surface area contributed by atoms with E-state index in [0.29, 0.717) is 31.7 Å². The van der Waals surface area contributed by atoms with Gasteiger partial charge in [0, 0.05) is 42.4 Å². The first-order valence-corrected chi connectivity index (χ1v) is 11.9. The van der Waals surface area contributed by atoms with Gasteiger partial charge in [0.25, 0.3) is 5.91 Å². The lowest BCUT2D eigenvalue weighted by Gasteiger charge is -2.24. The molecule has 1 aromatic heterocycles. The Hall–Kier alpha value is -3.97. The lowest BCUT2D eigenvalue weighted by molar-refractivity contribution is 0.0963. The number of fused-ring (bicyclic) bond motifs is 1. The molecule has 8 heteroatoms. The summed E-state index contributed by atoms with van der Waals surface area (Å²) in [6.45, 7) is 3.82. The number of rotatable bonds is 5. The normalized spacial score (nSPS) is 12.6. The molecule has 0 bridgehead atoms. The van der Waals surface area contributed by atoms with Crippen molar-refractivity contribution in [2.24, 2.45) is 0 Å². The van der Waals surface area contributed by atoms with Gasteiger partial charge in [-0.15, -0.1) is 12.4 Å².